The molecule has 1 aromatic heterocycles. The maximum Gasteiger partial charge on any atom is 0.122 e. The summed E-state index contributed by atoms with van der Waals surface area (Å²) < 4.78 is 6.77. The molecule has 0 aliphatic rings. The molecule has 0 saturated heterocycles. The van der Waals surface area contributed by atoms with Crippen LogP contribution in [-0.2, 0) is 6.61 Å². The van der Waals surface area contributed by atoms with Crippen LogP contribution < -0.4 is 4.74 Å². The molecule has 78 valence electrons. The summed E-state index contributed by atoms with van der Waals surface area (Å²) in [6.07, 6.45) is 0. The maximum atomic E-state index is 5.65. The van der Waals surface area contributed by atoms with Gasteiger partial charge in [-0.15, -0.1) is 11.3 Å². The lowest BCUT2D eigenvalue weighted by molar-refractivity contribution is 0.309. The van der Waals surface area contributed by atoms with E-state index in [2.05, 4.69) is 46.4 Å². The van der Waals surface area contributed by atoms with Gasteiger partial charge in [0.15, 0.2) is 0 Å². The van der Waals surface area contributed by atoms with Crippen LogP contribution in [0.4, 0.5) is 0 Å². The Morgan fingerprint density at radius 2 is 2.00 bits per heavy atom. The largest absolute Gasteiger partial charge is 0.488 e. The molecule has 0 aliphatic heterocycles. The van der Waals surface area contributed by atoms with E-state index in [1.165, 1.54) is 10.4 Å². The monoisotopic (exact) mass is 282 g/mol. The second-order valence-electron chi connectivity index (χ2n) is 3.33. The van der Waals surface area contributed by atoms with Crippen molar-refractivity contribution in [1.82, 2.24) is 0 Å². The quantitative estimate of drug-likeness (QED) is 0.811. The minimum atomic E-state index is 0.638. The van der Waals surface area contributed by atoms with Gasteiger partial charge in [0, 0.05) is 14.7 Å². The second-order valence-corrected chi connectivity index (χ2v) is 5.24. The molecule has 0 fully saturated rings. The SMILES string of the molecule is Cc1ccc(OCc2cc(Br)cs2)cc1. The Labute approximate surface area is 102 Å². The molecule has 1 nitrogen and oxygen atoms in total. The van der Waals surface area contributed by atoms with Crippen molar-refractivity contribution < 1.29 is 4.74 Å². The van der Waals surface area contributed by atoms with E-state index in [-0.39, 0.29) is 0 Å². The Balaban J connectivity index is 1.96. The van der Waals surface area contributed by atoms with E-state index in [0.29, 0.717) is 6.61 Å². The normalized spacial score (nSPS) is 10.3. The lowest BCUT2D eigenvalue weighted by Crippen LogP contribution is -1.92. The first-order valence-electron chi connectivity index (χ1n) is 4.66. The number of benzene rings is 1. The van der Waals surface area contributed by atoms with Crippen molar-refractivity contribution in [2.45, 2.75) is 13.5 Å². The predicted molar refractivity (Wildman–Crippen MR) is 67.5 cm³/mol. The number of rotatable bonds is 3. The smallest absolute Gasteiger partial charge is 0.122 e. The van der Waals surface area contributed by atoms with Gasteiger partial charge in [0.2, 0.25) is 0 Å². The van der Waals surface area contributed by atoms with Gasteiger partial charge < -0.3 is 4.74 Å². The Morgan fingerprint density at radius 1 is 1.27 bits per heavy atom. The molecule has 0 spiro atoms. The maximum absolute atomic E-state index is 5.65. The van der Waals surface area contributed by atoms with Gasteiger partial charge in [-0.3, -0.25) is 0 Å². The van der Waals surface area contributed by atoms with E-state index < -0.39 is 0 Å². The van der Waals surface area contributed by atoms with E-state index in [1.807, 2.05) is 12.1 Å². The second kappa shape index (κ2) is 4.81. The third kappa shape index (κ3) is 3.08. The fraction of sp³-hybridized carbons (Fsp3) is 0.167. The van der Waals surface area contributed by atoms with Crippen LogP contribution in [0.3, 0.4) is 0 Å². The van der Waals surface area contributed by atoms with Crippen LogP contribution in [0.2, 0.25) is 0 Å². The highest BCUT2D eigenvalue weighted by Gasteiger charge is 1.98. The molecule has 0 unspecified atom stereocenters. The fourth-order valence-corrected chi connectivity index (χ4v) is 2.58. The van der Waals surface area contributed by atoms with E-state index >= 15 is 0 Å². The summed E-state index contributed by atoms with van der Waals surface area (Å²) >= 11 is 5.12. The van der Waals surface area contributed by atoms with Crippen molar-refractivity contribution in [3.63, 3.8) is 0 Å². The van der Waals surface area contributed by atoms with Gasteiger partial charge >= 0.3 is 0 Å². The van der Waals surface area contributed by atoms with E-state index in [9.17, 15) is 0 Å². The minimum Gasteiger partial charge on any atom is -0.488 e. The number of ether oxygens (including phenoxy) is 1. The van der Waals surface area contributed by atoms with E-state index in [4.69, 9.17) is 4.74 Å². The van der Waals surface area contributed by atoms with Crippen molar-refractivity contribution in [3.05, 3.63) is 50.6 Å². The Kier molecular flexibility index (Phi) is 3.44. The van der Waals surface area contributed by atoms with Gasteiger partial charge in [0.05, 0.1) is 0 Å². The highest BCUT2D eigenvalue weighted by atomic mass is 79.9. The average molecular weight is 283 g/mol. The molecule has 1 heterocycles. The van der Waals surface area contributed by atoms with Gasteiger partial charge in [0.1, 0.15) is 12.4 Å². The standard InChI is InChI=1S/C12H11BrOS/c1-9-2-4-11(5-3-9)14-7-12-6-10(13)8-15-12/h2-6,8H,7H2,1H3. The predicted octanol–water partition coefficient (Wildman–Crippen LogP) is 4.40. The summed E-state index contributed by atoms with van der Waals surface area (Å²) in [7, 11) is 0. The van der Waals surface area contributed by atoms with Crippen molar-refractivity contribution in [2.75, 3.05) is 0 Å². The summed E-state index contributed by atoms with van der Waals surface area (Å²) in [6.45, 7) is 2.71. The summed E-state index contributed by atoms with van der Waals surface area (Å²) in [5.74, 6) is 0.921. The lowest BCUT2D eigenvalue weighted by Gasteiger charge is -2.04. The third-order valence-corrected chi connectivity index (χ3v) is 3.69. The molecule has 0 saturated carbocycles. The van der Waals surface area contributed by atoms with Crippen LogP contribution in [0.15, 0.2) is 40.2 Å². The molecule has 0 aliphatic carbocycles. The fourth-order valence-electron chi connectivity index (χ4n) is 1.22. The molecular weight excluding hydrogens is 272 g/mol. The highest BCUT2D eigenvalue weighted by Crippen LogP contribution is 2.21. The Bertz CT molecular complexity index is 433. The molecule has 1 aromatic carbocycles. The van der Waals surface area contributed by atoms with Gasteiger partial charge in [-0.1, -0.05) is 17.7 Å². The number of thiophene rings is 1. The first-order valence-corrected chi connectivity index (χ1v) is 6.34. The number of halogens is 1. The number of aryl methyl sites for hydroxylation is 1. The van der Waals surface area contributed by atoms with E-state index in [1.54, 1.807) is 11.3 Å². The molecule has 0 amide bonds. The Morgan fingerprint density at radius 3 is 2.60 bits per heavy atom. The van der Waals surface area contributed by atoms with Gasteiger partial charge in [0.25, 0.3) is 0 Å². The molecule has 0 radical (unpaired) electrons. The van der Waals surface area contributed by atoms with Crippen molar-refractivity contribution in [2.24, 2.45) is 0 Å². The molecule has 3 heteroatoms. The summed E-state index contributed by atoms with van der Waals surface area (Å²) in [6, 6.07) is 10.2. The van der Waals surface area contributed by atoms with Crippen LogP contribution in [0.5, 0.6) is 5.75 Å². The molecule has 0 atom stereocenters. The van der Waals surface area contributed by atoms with Crippen LogP contribution in [0.25, 0.3) is 0 Å². The number of hydrogen-bond acceptors (Lipinski definition) is 2. The summed E-state index contributed by atoms with van der Waals surface area (Å²) in [5.41, 5.74) is 1.25. The zero-order chi connectivity index (χ0) is 10.7. The van der Waals surface area contributed by atoms with Gasteiger partial charge in [-0.25, -0.2) is 0 Å². The molecule has 0 bridgehead atoms. The zero-order valence-electron chi connectivity index (χ0n) is 8.37. The summed E-state index contributed by atoms with van der Waals surface area (Å²) in [4.78, 5) is 1.22. The first-order chi connectivity index (χ1) is 7.24. The van der Waals surface area contributed by atoms with Crippen LogP contribution in [0, 0.1) is 6.92 Å². The van der Waals surface area contributed by atoms with Crippen LogP contribution in [-0.4, -0.2) is 0 Å². The molecular formula is C12H11BrOS. The van der Waals surface area contributed by atoms with E-state index in [0.717, 1.165) is 10.2 Å². The minimum absolute atomic E-state index is 0.638. The van der Waals surface area contributed by atoms with Gasteiger partial charge in [-0.05, 0) is 41.1 Å². The summed E-state index contributed by atoms with van der Waals surface area (Å²) in [5, 5.41) is 2.06. The van der Waals surface area contributed by atoms with Crippen molar-refractivity contribution in [1.29, 1.82) is 0 Å². The molecule has 2 aromatic rings. The number of hydrogen-bond donors (Lipinski definition) is 0. The topological polar surface area (TPSA) is 9.23 Å². The zero-order valence-corrected chi connectivity index (χ0v) is 10.8. The molecule has 2 rings (SSSR count). The molecule has 15 heavy (non-hydrogen) atoms. The average Bonchev–Trinajstić information content (AvgIpc) is 2.64. The van der Waals surface area contributed by atoms with Crippen molar-refractivity contribution in [3.8, 4) is 5.75 Å². The van der Waals surface area contributed by atoms with Crippen LogP contribution >= 0.6 is 27.3 Å². The van der Waals surface area contributed by atoms with Crippen LogP contribution in [0.1, 0.15) is 10.4 Å². The Hall–Kier alpha value is -0.800. The molecule has 0 N–H and O–H groups in total. The first kappa shape index (κ1) is 10.7. The lowest BCUT2D eigenvalue weighted by atomic mass is 10.2. The van der Waals surface area contributed by atoms with Gasteiger partial charge in [-0.2, -0.15) is 0 Å². The van der Waals surface area contributed by atoms with Crippen molar-refractivity contribution >= 4 is 27.3 Å². The highest BCUT2D eigenvalue weighted by molar-refractivity contribution is 9.10. The third-order valence-electron chi connectivity index (χ3n) is 2.02.